The summed E-state index contributed by atoms with van der Waals surface area (Å²) in [6.07, 6.45) is 27.9. The highest BCUT2D eigenvalue weighted by Gasteiger charge is 2.19. The van der Waals surface area contributed by atoms with Crippen LogP contribution < -0.4 is 0 Å². The Balaban J connectivity index is 1.83. The SMILES string of the molecule is CCCCCCCCCCCCCCCCCCCCC(Cc1ccccc1)[SiH](Cl)Cl. The van der Waals surface area contributed by atoms with Crippen LogP contribution in [0.2, 0.25) is 5.54 Å². The maximum absolute atomic E-state index is 6.38. The van der Waals surface area contributed by atoms with E-state index in [1.54, 1.807) is 0 Å². The molecule has 0 fully saturated rings. The van der Waals surface area contributed by atoms with Crippen LogP contribution in [-0.2, 0) is 6.42 Å². The van der Waals surface area contributed by atoms with Crippen LogP contribution in [-0.4, -0.2) is 7.42 Å². The van der Waals surface area contributed by atoms with E-state index in [2.05, 4.69) is 37.3 Å². The summed E-state index contributed by atoms with van der Waals surface area (Å²) in [7, 11) is -1.61. The van der Waals surface area contributed by atoms with Gasteiger partial charge in [-0.15, -0.1) is 0 Å². The molecule has 0 bridgehead atoms. The van der Waals surface area contributed by atoms with Gasteiger partial charge in [0.25, 0.3) is 0 Å². The molecular weight excluding hydrogens is 435 g/mol. The van der Waals surface area contributed by atoms with Crippen LogP contribution in [0.5, 0.6) is 0 Å². The van der Waals surface area contributed by atoms with E-state index in [0.29, 0.717) is 5.54 Å². The Kier molecular flexibility index (Phi) is 20.5. The summed E-state index contributed by atoms with van der Waals surface area (Å²) in [4.78, 5) is 0. The van der Waals surface area contributed by atoms with Gasteiger partial charge in [-0.3, -0.25) is 0 Å². The molecule has 0 aliphatic carbocycles. The number of benzene rings is 1. The maximum atomic E-state index is 6.38. The molecule has 0 heterocycles. The van der Waals surface area contributed by atoms with Crippen LogP contribution in [0.15, 0.2) is 30.3 Å². The Bertz CT molecular complexity index is 477. The molecule has 1 unspecified atom stereocenters. The molecule has 1 aromatic carbocycles. The van der Waals surface area contributed by atoms with Crippen molar-refractivity contribution in [1.29, 1.82) is 0 Å². The lowest BCUT2D eigenvalue weighted by Gasteiger charge is -2.16. The second-order valence-electron chi connectivity index (χ2n) is 9.58. The Morgan fingerprint density at radius 2 is 0.968 bits per heavy atom. The Hall–Kier alpha value is 0.0169. The summed E-state index contributed by atoms with van der Waals surface area (Å²) in [6.45, 7) is 2.30. The van der Waals surface area contributed by atoms with Gasteiger partial charge < -0.3 is 0 Å². The zero-order chi connectivity index (χ0) is 22.4. The van der Waals surface area contributed by atoms with E-state index >= 15 is 0 Å². The third-order valence-corrected chi connectivity index (χ3v) is 10.0. The molecule has 0 aliphatic rings. The Morgan fingerprint density at radius 3 is 1.35 bits per heavy atom. The summed E-state index contributed by atoms with van der Waals surface area (Å²) in [5.41, 5.74) is 1.90. The third-order valence-electron chi connectivity index (χ3n) is 6.63. The first-order valence-corrected chi connectivity index (χ1v) is 17.7. The largest absolute Gasteiger partial charge is 0.240 e. The first-order valence-electron chi connectivity index (χ1n) is 13.6. The van der Waals surface area contributed by atoms with E-state index in [0.717, 1.165) is 6.42 Å². The smallest absolute Gasteiger partial charge is 0.150 e. The van der Waals surface area contributed by atoms with Gasteiger partial charge in [0.2, 0.25) is 7.42 Å². The van der Waals surface area contributed by atoms with Gasteiger partial charge in [-0.25, -0.2) is 0 Å². The second kappa shape index (κ2) is 21.8. The molecule has 0 spiro atoms. The van der Waals surface area contributed by atoms with Crippen molar-refractivity contribution in [3.63, 3.8) is 0 Å². The fraction of sp³-hybridized carbons (Fsp3) is 0.786. The van der Waals surface area contributed by atoms with E-state index in [4.69, 9.17) is 22.2 Å². The fourth-order valence-electron chi connectivity index (χ4n) is 4.54. The molecule has 0 N–H and O–H groups in total. The Labute approximate surface area is 205 Å². The molecule has 0 amide bonds. The van der Waals surface area contributed by atoms with E-state index in [1.165, 1.54) is 128 Å². The summed E-state index contributed by atoms with van der Waals surface area (Å²) in [5.74, 6) is 0. The number of halogens is 2. The van der Waals surface area contributed by atoms with Crippen LogP contribution in [0.25, 0.3) is 0 Å². The molecular formula is C28H50Cl2Si. The molecule has 0 saturated heterocycles. The first-order chi connectivity index (χ1) is 15.2. The predicted molar refractivity (Wildman–Crippen MR) is 146 cm³/mol. The highest BCUT2D eigenvalue weighted by Crippen LogP contribution is 2.28. The molecule has 0 radical (unpaired) electrons. The van der Waals surface area contributed by atoms with E-state index in [-0.39, 0.29) is 0 Å². The van der Waals surface area contributed by atoms with Crippen LogP contribution >= 0.6 is 22.2 Å². The minimum Gasteiger partial charge on any atom is -0.150 e. The van der Waals surface area contributed by atoms with Crippen molar-refractivity contribution >= 4 is 29.6 Å². The first kappa shape index (κ1) is 29.0. The van der Waals surface area contributed by atoms with Crippen molar-refractivity contribution < 1.29 is 0 Å². The van der Waals surface area contributed by atoms with Crippen molar-refractivity contribution in [2.75, 3.05) is 0 Å². The molecule has 1 aromatic rings. The summed E-state index contributed by atoms with van der Waals surface area (Å²) < 4.78 is 0. The van der Waals surface area contributed by atoms with Crippen LogP contribution in [0, 0.1) is 0 Å². The topological polar surface area (TPSA) is 0 Å². The van der Waals surface area contributed by atoms with Gasteiger partial charge in [-0.05, 0) is 17.5 Å². The van der Waals surface area contributed by atoms with Gasteiger partial charge in [0.15, 0.2) is 0 Å². The van der Waals surface area contributed by atoms with Gasteiger partial charge in [0, 0.05) is 0 Å². The highest BCUT2D eigenvalue weighted by molar-refractivity contribution is 7.34. The van der Waals surface area contributed by atoms with Crippen LogP contribution in [0.1, 0.15) is 134 Å². The summed E-state index contributed by atoms with van der Waals surface area (Å²) >= 11 is 12.8. The zero-order valence-electron chi connectivity index (χ0n) is 20.4. The molecule has 1 atom stereocenters. The molecule has 0 aliphatic heterocycles. The lowest BCUT2D eigenvalue weighted by Crippen LogP contribution is -2.10. The molecule has 0 saturated carbocycles. The van der Waals surface area contributed by atoms with Crippen molar-refractivity contribution in [3.05, 3.63) is 35.9 Å². The number of hydrogen-bond acceptors (Lipinski definition) is 0. The number of rotatable bonds is 22. The molecule has 1 rings (SSSR count). The monoisotopic (exact) mass is 484 g/mol. The maximum Gasteiger partial charge on any atom is 0.240 e. The van der Waals surface area contributed by atoms with E-state index in [9.17, 15) is 0 Å². The molecule has 0 nitrogen and oxygen atoms in total. The molecule has 180 valence electrons. The second-order valence-corrected chi connectivity index (χ2v) is 14.7. The van der Waals surface area contributed by atoms with E-state index in [1.807, 2.05) is 0 Å². The van der Waals surface area contributed by atoms with Crippen molar-refractivity contribution in [1.82, 2.24) is 0 Å². The van der Waals surface area contributed by atoms with Crippen molar-refractivity contribution in [2.24, 2.45) is 0 Å². The Morgan fingerprint density at radius 1 is 0.581 bits per heavy atom. The van der Waals surface area contributed by atoms with Crippen molar-refractivity contribution in [3.8, 4) is 0 Å². The standard InChI is InChI=1S/C28H50Cl2Si/c1-2-3-4-5-6-7-8-9-10-11-12-13-14-15-16-17-18-22-25-28(31(29)30)26-27-23-20-19-21-24-27/h19-21,23-24,28,31H,2-18,22,25-26H2,1H3. The molecule has 0 aromatic heterocycles. The van der Waals surface area contributed by atoms with Gasteiger partial charge >= 0.3 is 0 Å². The lowest BCUT2D eigenvalue weighted by molar-refractivity contribution is 0.521. The fourth-order valence-corrected chi connectivity index (χ4v) is 6.77. The summed E-state index contributed by atoms with van der Waals surface area (Å²) in [6, 6.07) is 10.7. The quantitative estimate of drug-likeness (QED) is 0.0870. The summed E-state index contributed by atoms with van der Waals surface area (Å²) in [5, 5.41) is 0. The predicted octanol–water partition coefficient (Wildman–Crippen LogP) is 10.7. The average molecular weight is 486 g/mol. The molecule has 3 heteroatoms. The average Bonchev–Trinajstić information content (AvgIpc) is 2.78. The third kappa shape index (κ3) is 18.2. The minimum atomic E-state index is -1.61. The van der Waals surface area contributed by atoms with E-state index < -0.39 is 7.42 Å². The van der Waals surface area contributed by atoms with Crippen LogP contribution in [0.3, 0.4) is 0 Å². The normalized spacial score (nSPS) is 12.5. The lowest BCUT2D eigenvalue weighted by atomic mass is 10.0. The number of unbranched alkanes of at least 4 members (excludes halogenated alkanes) is 17. The van der Waals surface area contributed by atoms with Gasteiger partial charge in [-0.1, -0.05) is 159 Å². The van der Waals surface area contributed by atoms with Gasteiger partial charge in [-0.2, -0.15) is 22.2 Å². The van der Waals surface area contributed by atoms with Gasteiger partial charge in [0.1, 0.15) is 0 Å². The highest BCUT2D eigenvalue weighted by atomic mass is 35.7. The zero-order valence-corrected chi connectivity index (χ0v) is 23.1. The minimum absolute atomic E-state index is 0.520. The van der Waals surface area contributed by atoms with Crippen LogP contribution in [0.4, 0.5) is 0 Å². The number of hydrogen-bond donors (Lipinski definition) is 0. The van der Waals surface area contributed by atoms with Gasteiger partial charge in [0.05, 0.1) is 0 Å². The molecule has 31 heavy (non-hydrogen) atoms. The van der Waals surface area contributed by atoms with Crippen molar-refractivity contribution in [2.45, 2.75) is 141 Å².